The molecule has 0 spiro atoms. The first-order valence-electron chi connectivity index (χ1n) is 6.46. The SMILES string of the molecule is O=CNc1ccc(OCC2CC3C=CC2C3)cc1. The molecule has 2 aliphatic carbocycles. The van der Waals surface area contributed by atoms with E-state index in [-0.39, 0.29) is 0 Å². The fourth-order valence-electron chi connectivity index (χ4n) is 3.00. The van der Waals surface area contributed by atoms with Gasteiger partial charge in [-0.05, 0) is 54.9 Å². The number of benzene rings is 1. The van der Waals surface area contributed by atoms with Gasteiger partial charge in [-0.15, -0.1) is 0 Å². The van der Waals surface area contributed by atoms with Crippen LogP contribution in [0.5, 0.6) is 5.75 Å². The van der Waals surface area contributed by atoms with Crippen molar-refractivity contribution in [1.82, 2.24) is 0 Å². The van der Waals surface area contributed by atoms with Gasteiger partial charge in [0.15, 0.2) is 0 Å². The van der Waals surface area contributed by atoms with Gasteiger partial charge >= 0.3 is 0 Å². The summed E-state index contributed by atoms with van der Waals surface area (Å²) in [5, 5.41) is 2.61. The first-order valence-corrected chi connectivity index (χ1v) is 6.46. The van der Waals surface area contributed by atoms with E-state index in [1.54, 1.807) is 0 Å². The molecule has 3 atom stereocenters. The minimum atomic E-state index is 0.674. The van der Waals surface area contributed by atoms with Crippen molar-refractivity contribution in [3.05, 3.63) is 36.4 Å². The second kappa shape index (κ2) is 4.84. The van der Waals surface area contributed by atoms with Crippen LogP contribution < -0.4 is 10.1 Å². The molecule has 1 N–H and O–H groups in total. The molecule has 1 fully saturated rings. The Kier molecular flexibility index (Phi) is 3.05. The molecule has 0 aromatic heterocycles. The number of fused-ring (bicyclic) bond motifs is 2. The number of amides is 1. The van der Waals surface area contributed by atoms with Gasteiger partial charge in [0.2, 0.25) is 6.41 Å². The summed E-state index contributed by atoms with van der Waals surface area (Å²) < 4.78 is 5.83. The van der Waals surface area contributed by atoms with Gasteiger partial charge in [0, 0.05) is 5.69 Å². The van der Waals surface area contributed by atoms with Crippen molar-refractivity contribution < 1.29 is 9.53 Å². The van der Waals surface area contributed by atoms with Gasteiger partial charge in [-0.25, -0.2) is 0 Å². The lowest BCUT2D eigenvalue weighted by molar-refractivity contribution is -0.105. The summed E-state index contributed by atoms with van der Waals surface area (Å²) in [6.07, 6.45) is 7.96. The van der Waals surface area contributed by atoms with Crippen LogP contribution in [0.1, 0.15) is 12.8 Å². The smallest absolute Gasteiger partial charge is 0.211 e. The monoisotopic (exact) mass is 243 g/mol. The van der Waals surface area contributed by atoms with E-state index in [0.29, 0.717) is 12.3 Å². The van der Waals surface area contributed by atoms with Crippen LogP contribution in [0.4, 0.5) is 5.69 Å². The molecule has 0 heterocycles. The van der Waals surface area contributed by atoms with Gasteiger partial charge in [0.05, 0.1) is 6.61 Å². The van der Waals surface area contributed by atoms with Crippen LogP contribution in [0.25, 0.3) is 0 Å². The molecular weight excluding hydrogens is 226 g/mol. The van der Waals surface area contributed by atoms with E-state index >= 15 is 0 Å². The van der Waals surface area contributed by atoms with Crippen molar-refractivity contribution >= 4 is 12.1 Å². The van der Waals surface area contributed by atoms with Gasteiger partial charge in [-0.1, -0.05) is 12.2 Å². The Balaban J connectivity index is 1.54. The minimum absolute atomic E-state index is 0.674. The van der Waals surface area contributed by atoms with E-state index in [4.69, 9.17) is 4.74 Å². The Hall–Kier alpha value is -1.77. The molecule has 94 valence electrons. The minimum Gasteiger partial charge on any atom is -0.493 e. The highest BCUT2D eigenvalue weighted by atomic mass is 16.5. The highest BCUT2D eigenvalue weighted by molar-refractivity contribution is 5.71. The summed E-state index contributed by atoms with van der Waals surface area (Å²) in [6.45, 7) is 0.798. The largest absolute Gasteiger partial charge is 0.493 e. The zero-order valence-corrected chi connectivity index (χ0v) is 10.2. The van der Waals surface area contributed by atoms with E-state index in [1.165, 1.54) is 12.8 Å². The number of hydrogen-bond donors (Lipinski definition) is 1. The summed E-state index contributed by atoms with van der Waals surface area (Å²) in [5.74, 6) is 3.07. The number of anilines is 1. The number of carbonyl (C=O) groups excluding carboxylic acids is 1. The number of carbonyl (C=O) groups is 1. The summed E-state index contributed by atoms with van der Waals surface area (Å²) >= 11 is 0. The zero-order chi connectivity index (χ0) is 12.4. The Labute approximate surface area is 107 Å². The van der Waals surface area contributed by atoms with Crippen molar-refractivity contribution in [2.45, 2.75) is 12.8 Å². The summed E-state index contributed by atoms with van der Waals surface area (Å²) in [4.78, 5) is 10.3. The first-order chi connectivity index (χ1) is 8.85. The molecule has 1 amide bonds. The Bertz CT molecular complexity index is 452. The molecule has 3 unspecified atom stereocenters. The van der Waals surface area contributed by atoms with Crippen LogP contribution in [0.2, 0.25) is 0 Å². The predicted octanol–water partition coefficient (Wildman–Crippen LogP) is 2.85. The fourth-order valence-corrected chi connectivity index (χ4v) is 3.00. The fraction of sp³-hybridized carbons (Fsp3) is 0.400. The number of rotatable bonds is 5. The van der Waals surface area contributed by atoms with E-state index in [2.05, 4.69) is 17.5 Å². The second-order valence-corrected chi connectivity index (χ2v) is 5.14. The molecule has 3 rings (SSSR count). The molecule has 18 heavy (non-hydrogen) atoms. The van der Waals surface area contributed by atoms with E-state index in [9.17, 15) is 4.79 Å². The number of hydrogen-bond acceptors (Lipinski definition) is 2. The van der Waals surface area contributed by atoms with Crippen LogP contribution in [0.15, 0.2) is 36.4 Å². The molecule has 1 saturated carbocycles. The Morgan fingerprint density at radius 3 is 2.67 bits per heavy atom. The summed E-state index contributed by atoms with van der Waals surface area (Å²) in [7, 11) is 0. The van der Waals surface area contributed by atoms with E-state index < -0.39 is 0 Å². The third-order valence-corrected chi connectivity index (χ3v) is 3.96. The molecule has 0 radical (unpaired) electrons. The van der Waals surface area contributed by atoms with Gasteiger partial charge in [-0.3, -0.25) is 4.79 Å². The van der Waals surface area contributed by atoms with Crippen LogP contribution in [-0.2, 0) is 4.79 Å². The van der Waals surface area contributed by atoms with Crippen LogP contribution in [-0.4, -0.2) is 13.0 Å². The predicted molar refractivity (Wildman–Crippen MR) is 70.5 cm³/mol. The highest BCUT2D eigenvalue weighted by Gasteiger charge is 2.35. The Morgan fingerprint density at radius 2 is 2.06 bits per heavy atom. The average molecular weight is 243 g/mol. The topological polar surface area (TPSA) is 38.3 Å². The van der Waals surface area contributed by atoms with Crippen molar-refractivity contribution in [3.8, 4) is 5.75 Å². The summed E-state index contributed by atoms with van der Waals surface area (Å²) in [6, 6.07) is 7.50. The third-order valence-electron chi connectivity index (χ3n) is 3.96. The quantitative estimate of drug-likeness (QED) is 0.638. The molecule has 3 nitrogen and oxygen atoms in total. The molecule has 3 heteroatoms. The maximum atomic E-state index is 10.3. The van der Waals surface area contributed by atoms with Gasteiger partial charge in [0.25, 0.3) is 0 Å². The first kappa shape index (κ1) is 11.3. The second-order valence-electron chi connectivity index (χ2n) is 5.14. The number of nitrogens with one attached hydrogen (secondary N) is 1. The van der Waals surface area contributed by atoms with E-state index in [1.807, 2.05) is 24.3 Å². The van der Waals surface area contributed by atoms with Crippen LogP contribution in [0, 0.1) is 17.8 Å². The lowest BCUT2D eigenvalue weighted by atomic mass is 9.95. The molecular formula is C15H17NO2. The molecule has 1 aromatic rings. The van der Waals surface area contributed by atoms with Gasteiger partial charge in [0.1, 0.15) is 5.75 Å². The Morgan fingerprint density at radius 1 is 1.22 bits per heavy atom. The van der Waals surface area contributed by atoms with Crippen molar-refractivity contribution in [2.75, 3.05) is 11.9 Å². The molecule has 2 aliphatic rings. The number of allylic oxidation sites excluding steroid dienone is 2. The standard InChI is InChI=1S/C15H17NO2/c17-10-16-14-3-5-15(6-4-14)18-9-13-8-11-1-2-12(13)7-11/h1-6,10-13H,7-9H2,(H,16,17). The zero-order valence-electron chi connectivity index (χ0n) is 10.2. The lowest BCUT2D eigenvalue weighted by Crippen LogP contribution is -2.16. The molecule has 1 aromatic carbocycles. The van der Waals surface area contributed by atoms with Crippen LogP contribution >= 0.6 is 0 Å². The van der Waals surface area contributed by atoms with Gasteiger partial charge in [-0.2, -0.15) is 0 Å². The van der Waals surface area contributed by atoms with Crippen molar-refractivity contribution in [2.24, 2.45) is 17.8 Å². The third kappa shape index (κ3) is 2.26. The van der Waals surface area contributed by atoms with Crippen LogP contribution in [0.3, 0.4) is 0 Å². The maximum Gasteiger partial charge on any atom is 0.211 e. The van der Waals surface area contributed by atoms with E-state index in [0.717, 1.165) is 29.9 Å². The van der Waals surface area contributed by atoms with Gasteiger partial charge < -0.3 is 10.1 Å². The number of ether oxygens (including phenoxy) is 1. The lowest BCUT2D eigenvalue weighted by Gasteiger charge is -2.18. The normalized spacial score (nSPS) is 28.3. The van der Waals surface area contributed by atoms with Crippen molar-refractivity contribution in [1.29, 1.82) is 0 Å². The van der Waals surface area contributed by atoms with Crippen molar-refractivity contribution in [3.63, 3.8) is 0 Å². The molecule has 0 saturated heterocycles. The molecule has 2 bridgehead atoms. The summed E-state index contributed by atoms with van der Waals surface area (Å²) in [5.41, 5.74) is 0.792. The average Bonchev–Trinajstić information content (AvgIpc) is 3.00. The molecule has 0 aliphatic heterocycles. The highest BCUT2D eigenvalue weighted by Crippen LogP contribution is 2.43. The maximum absolute atomic E-state index is 10.3.